The van der Waals surface area contributed by atoms with Crippen LogP contribution >= 0.6 is 0 Å². The van der Waals surface area contributed by atoms with Crippen LogP contribution in [-0.2, 0) is 84.6 Å². The van der Waals surface area contributed by atoms with Gasteiger partial charge in [-0.25, -0.2) is 28.8 Å². The van der Waals surface area contributed by atoms with Crippen LogP contribution < -0.4 is 81.0 Å². The van der Waals surface area contributed by atoms with Crippen molar-refractivity contribution in [1.29, 1.82) is 0 Å². The van der Waals surface area contributed by atoms with Gasteiger partial charge in [0.25, 0.3) is 17.7 Å². The number of Topliss-reactive ketones (excluding diaryl/α,β-unsaturated/α-hetero) is 3. The second-order valence-electron chi connectivity index (χ2n) is 48.7. The predicted octanol–water partition coefficient (Wildman–Crippen LogP) is 6.20. The molecule has 12 rings (SSSR count). The zero-order chi connectivity index (χ0) is 104. The number of hydrogen-bond acceptors (Lipinski definition) is 21. The number of carbonyl (C=O) groups excluding carboxylic acids is 18. The molecule has 3 heterocycles. The van der Waals surface area contributed by atoms with Crippen molar-refractivity contribution < 1.29 is 101 Å². The fourth-order valence-corrected chi connectivity index (χ4v) is 20.8. The Balaban J connectivity index is 0.000000217. The number of amides is 18. The van der Waals surface area contributed by atoms with Crippen molar-refractivity contribution in [3.63, 3.8) is 0 Å². The first-order chi connectivity index (χ1) is 64.8. The topological polar surface area (TPSA) is 567 Å². The molecule has 0 spiro atoms. The van der Waals surface area contributed by atoms with E-state index in [0.717, 1.165) is 68.9 Å². The number of benzene rings is 1. The maximum atomic E-state index is 14.8. The standard InChI is InChI=1S/C39H58N6O7.C32H52N6O7.C30H50N6O7/c1-37(2,3)27(20-52-36(51)44-38(4,5)6)42-35(50)43-29(24-17-22-14-9-10-15-23(22)18-24)34(49)45-19-25-28(39(25,7)8)30(45)33(48)41-26(31(46)32(40)47)16-21-12-11-13-21;1-16(2)21(15-45-30(44)34-13-18-10-11-18)36-29(43)37-25(31(3,4)5)28(42)38-14-19-22(32(19,6)7)23(38)27(41)35-20(12-17-8-9-17)24(39)26(33)40;1-28(2,3)18(14-43-27(42)32-9)34-26(41)35-22(29(4,5)6)25(40)36-13-16-19(30(16,7)8)20(36)24(39)33-17(12-15-10-11-15)21(37)23(31)38/h9-10,14-15,21,24-30H,11-13,16-20H2,1-8H3,(H2,40,47)(H,41,48)(H,44,51)(H2,42,43,50);16-23,25H,8-15H2,1-7H3,(H2,33,40)(H,34,44)(H,35,41)(H2,36,37,43);15-20,22H,10-14H2,1-9H3,(H2,31,38)(H,32,42)(H,33,39)(H2,34,35,41)/t25-,26?,27+,28-,29-,30-;19-,20?,21+,22-,23-,25+;16-,17?,18+,19-,20-,22+/m000/s1. The minimum Gasteiger partial charge on any atom is -0.447 e. The summed E-state index contributed by atoms with van der Waals surface area (Å²) in [6.07, 6.45) is 9.07. The van der Waals surface area contributed by atoms with E-state index in [2.05, 4.69) is 77.6 Å². The van der Waals surface area contributed by atoms with Crippen molar-refractivity contribution in [1.82, 2.24) is 78.5 Å². The molecule has 11 aliphatic rings. The molecule has 3 unspecified atom stereocenters. The largest absolute Gasteiger partial charge is 0.447 e. The van der Waals surface area contributed by atoms with E-state index in [4.69, 9.17) is 31.4 Å². The summed E-state index contributed by atoms with van der Waals surface area (Å²) in [6.45, 7) is 45.3. The van der Waals surface area contributed by atoms with Crippen molar-refractivity contribution >= 4 is 107 Å². The average molecular weight is 1960 g/mol. The summed E-state index contributed by atoms with van der Waals surface area (Å²) < 4.78 is 16.0. The highest BCUT2D eigenvalue weighted by molar-refractivity contribution is 6.39. The minimum absolute atomic E-state index is 0.0332. The van der Waals surface area contributed by atoms with Crippen LogP contribution in [0.2, 0.25) is 0 Å². The molecule has 18 atom stereocenters. The first kappa shape index (κ1) is 111. The van der Waals surface area contributed by atoms with E-state index in [1.807, 2.05) is 170 Å². The smallest absolute Gasteiger partial charge is 0.407 e. The molecule has 18 N–H and O–H groups in total. The molecule has 3 aliphatic heterocycles. The molecule has 780 valence electrons. The molecule has 18 amide bonds. The quantitative estimate of drug-likeness (QED) is 0.0260. The van der Waals surface area contributed by atoms with Gasteiger partial charge in [0.05, 0.1) is 36.3 Å². The van der Waals surface area contributed by atoms with E-state index in [1.54, 1.807) is 4.90 Å². The van der Waals surface area contributed by atoms with Crippen LogP contribution in [0.25, 0.3) is 0 Å². The first-order valence-electron chi connectivity index (χ1n) is 50.1. The Kier molecular flexibility index (Phi) is 34.5. The Bertz CT molecular complexity index is 4800. The van der Waals surface area contributed by atoms with Gasteiger partial charge >= 0.3 is 36.4 Å². The SMILES string of the molecule is CC(C)(C)NC(=O)OC[C@@H](NC(=O)N[C@H](C(=O)N1C[C@H]2[C@@H]([C@H]1C(=O)NC(CC1CCC1)C(=O)C(N)=O)C2(C)C)C1Cc2ccccc2C1)C(C)(C)C.CC(C)[C@@H](COC(=O)NCC1CC1)NC(=O)N[C@H](C(=O)N1C[C@H]2[C@@H]([C@H]1C(=O)NC(CC1CC1)C(=O)C(N)=O)C2(C)C)C(C)(C)C.CNC(=O)OC[C@@H](NC(=O)N[C@H](C(=O)N1C[C@H]2[C@@H]([C@H]1C(=O)NC(CC1CC1)C(=O)C(N)=O)C2(C)C)C(C)(C)C)C(C)(C)C. The molecular formula is C101H160N18O21. The number of rotatable bonds is 37. The van der Waals surface area contributed by atoms with E-state index in [-0.39, 0.29) is 107 Å². The molecule has 10 fully saturated rings. The number of piperidine rings is 3. The van der Waals surface area contributed by atoms with Crippen LogP contribution in [0.1, 0.15) is 247 Å². The predicted molar refractivity (Wildman–Crippen MR) is 518 cm³/mol. The third-order valence-electron chi connectivity index (χ3n) is 31.0. The number of fused-ring (bicyclic) bond motifs is 4. The van der Waals surface area contributed by atoms with Crippen LogP contribution in [0.15, 0.2) is 24.3 Å². The third kappa shape index (κ3) is 28.1. The fourth-order valence-electron chi connectivity index (χ4n) is 20.8. The average Bonchev–Trinajstić information content (AvgIpc) is 1.53. The van der Waals surface area contributed by atoms with Gasteiger partial charge in [0.2, 0.25) is 52.8 Å². The number of nitrogens with zero attached hydrogens (tertiary/aromatic N) is 3. The number of ether oxygens (including phenoxy) is 3. The molecule has 0 bridgehead atoms. The van der Waals surface area contributed by atoms with Crippen molar-refractivity contribution in [2.24, 2.45) is 126 Å². The van der Waals surface area contributed by atoms with Gasteiger partial charge < -0.3 is 110 Å². The second kappa shape index (κ2) is 43.5. The number of alkyl carbamates (subject to hydrolysis) is 3. The summed E-state index contributed by atoms with van der Waals surface area (Å²) in [7, 11) is 1.44. The Labute approximate surface area is 823 Å². The summed E-state index contributed by atoms with van der Waals surface area (Å²) in [5, 5.41) is 33.5. The van der Waals surface area contributed by atoms with E-state index < -0.39 is 201 Å². The molecule has 0 radical (unpaired) electrons. The molecule has 8 aliphatic carbocycles. The molecule has 0 aromatic heterocycles. The number of nitrogens with two attached hydrogens (primary N) is 3. The third-order valence-corrected chi connectivity index (χ3v) is 31.0. The van der Waals surface area contributed by atoms with E-state index >= 15 is 0 Å². The van der Waals surface area contributed by atoms with Crippen LogP contribution in [0, 0.1) is 109 Å². The van der Waals surface area contributed by atoms with Crippen molar-refractivity contribution in [2.75, 3.05) is 53.0 Å². The maximum absolute atomic E-state index is 14.8. The fraction of sp³-hybridized carbons (Fsp3) is 0.762. The van der Waals surface area contributed by atoms with Gasteiger partial charge in [-0.1, -0.05) is 208 Å². The summed E-state index contributed by atoms with van der Waals surface area (Å²) in [5.41, 5.74) is 14.6. The highest BCUT2D eigenvalue weighted by Gasteiger charge is 2.73. The van der Waals surface area contributed by atoms with Gasteiger partial charge in [0.1, 0.15) is 56.1 Å². The lowest BCUT2D eigenvalue weighted by molar-refractivity contribution is -0.145. The zero-order valence-corrected chi connectivity index (χ0v) is 86.7. The number of urea groups is 3. The molecule has 3 saturated heterocycles. The second-order valence-corrected chi connectivity index (χ2v) is 48.7. The van der Waals surface area contributed by atoms with Crippen molar-refractivity contribution in [3.05, 3.63) is 35.4 Å². The molecule has 1 aromatic rings. The van der Waals surface area contributed by atoms with Gasteiger partial charge in [-0.15, -0.1) is 0 Å². The van der Waals surface area contributed by atoms with E-state index in [0.29, 0.717) is 64.2 Å². The lowest BCUT2D eigenvalue weighted by atomic mass is 9.80. The Morgan fingerprint density at radius 3 is 1.06 bits per heavy atom. The molecule has 7 saturated carbocycles. The number of likely N-dealkylation sites (tertiary alicyclic amines) is 3. The Hall–Kier alpha value is -10.9. The number of primary amides is 3. The highest BCUT2D eigenvalue weighted by Crippen LogP contribution is 2.67. The number of nitrogens with one attached hydrogen (secondary N) is 12. The molecule has 39 heteroatoms. The lowest BCUT2D eigenvalue weighted by Gasteiger charge is -2.38. The summed E-state index contributed by atoms with van der Waals surface area (Å²) in [5.74, 6) is -7.84. The molecule has 140 heavy (non-hydrogen) atoms. The number of ketones is 3. The maximum Gasteiger partial charge on any atom is 0.407 e. The number of hydrogen-bond donors (Lipinski definition) is 15. The molecule has 39 nitrogen and oxygen atoms in total. The van der Waals surface area contributed by atoms with Crippen molar-refractivity contribution in [2.45, 2.75) is 327 Å². The normalized spacial score (nSPS) is 24.6. The lowest BCUT2D eigenvalue weighted by Crippen LogP contribution is -2.62. The minimum atomic E-state index is -1.10. The van der Waals surface area contributed by atoms with Crippen molar-refractivity contribution in [3.8, 4) is 0 Å². The van der Waals surface area contributed by atoms with E-state index in [9.17, 15) is 86.3 Å². The van der Waals surface area contributed by atoms with Crippen LogP contribution in [-0.4, -0.2) is 253 Å². The highest BCUT2D eigenvalue weighted by atomic mass is 16.6. The Morgan fingerprint density at radius 2 is 0.743 bits per heavy atom. The summed E-state index contributed by atoms with van der Waals surface area (Å²) in [4.78, 5) is 239. The van der Waals surface area contributed by atoms with E-state index in [1.165, 1.54) is 16.8 Å². The summed E-state index contributed by atoms with van der Waals surface area (Å²) >= 11 is 0. The molecular weight excluding hydrogens is 1800 g/mol. The van der Waals surface area contributed by atoms with Crippen LogP contribution in [0.4, 0.5) is 28.8 Å². The first-order valence-corrected chi connectivity index (χ1v) is 50.1. The van der Waals surface area contributed by atoms with Crippen LogP contribution in [0.3, 0.4) is 0 Å². The molecule has 1 aromatic carbocycles. The van der Waals surface area contributed by atoms with Gasteiger partial charge in [-0.2, -0.15) is 0 Å². The van der Waals surface area contributed by atoms with Crippen LogP contribution in [0.5, 0.6) is 0 Å². The summed E-state index contributed by atoms with van der Waals surface area (Å²) in [6, 6.07) is -4.22. The van der Waals surface area contributed by atoms with Gasteiger partial charge in [-0.05, 0) is 186 Å². The zero-order valence-electron chi connectivity index (χ0n) is 86.7. The Morgan fingerprint density at radius 1 is 0.407 bits per heavy atom. The number of carbonyl (C=O) groups is 18. The van der Waals surface area contributed by atoms with Gasteiger partial charge in [-0.3, -0.25) is 57.5 Å². The monoisotopic (exact) mass is 1960 g/mol. The van der Waals surface area contributed by atoms with Gasteiger partial charge in [0.15, 0.2) is 0 Å². The van der Waals surface area contributed by atoms with Gasteiger partial charge in [0, 0.05) is 38.8 Å².